The summed E-state index contributed by atoms with van der Waals surface area (Å²) < 4.78 is 0. The molecule has 2 aromatic carbocycles. The van der Waals surface area contributed by atoms with Crippen LogP contribution in [0.15, 0.2) is 42.5 Å². The SMILES string of the molecule is Cc1ccc(C)c(C(C)(O)c2ccccc2C)c1. The van der Waals surface area contributed by atoms with Gasteiger partial charge >= 0.3 is 0 Å². The average molecular weight is 240 g/mol. The molecule has 2 rings (SSSR count). The molecule has 1 N–H and O–H groups in total. The summed E-state index contributed by atoms with van der Waals surface area (Å²) in [5, 5.41) is 10.9. The van der Waals surface area contributed by atoms with E-state index < -0.39 is 5.60 Å². The molecule has 1 heteroatoms. The molecule has 0 bridgehead atoms. The first-order valence-corrected chi connectivity index (χ1v) is 6.29. The second-order valence-corrected chi connectivity index (χ2v) is 5.21. The number of benzene rings is 2. The third kappa shape index (κ3) is 2.19. The van der Waals surface area contributed by atoms with Gasteiger partial charge in [-0.25, -0.2) is 0 Å². The smallest absolute Gasteiger partial charge is 0.112 e. The summed E-state index contributed by atoms with van der Waals surface area (Å²) in [6.45, 7) is 8.00. The van der Waals surface area contributed by atoms with Gasteiger partial charge in [0.05, 0.1) is 0 Å². The van der Waals surface area contributed by atoms with Crippen LogP contribution in [0.5, 0.6) is 0 Å². The molecule has 0 saturated heterocycles. The van der Waals surface area contributed by atoms with Gasteiger partial charge in [-0.2, -0.15) is 0 Å². The molecule has 1 atom stereocenters. The molecule has 18 heavy (non-hydrogen) atoms. The third-order valence-corrected chi connectivity index (χ3v) is 3.59. The fourth-order valence-corrected chi connectivity index (χ4v) is 2.52. The number of hydrogen-bond donors (Lipinski definition) is 1. The predicted octanol–water partition coefficient (Wildman–Crippen LogP) is 3.87. The zero-order chi connectivity index (χ0) is 13.3. The quantitative estimate of drug-likeness (QED) is 0.845. The van der Waals surface area contributed by atoms with Crippen molar-refractivity contribution in [1.29, 1.82) is 0 Å². The highest BCUT2D eigenvalue weighted by atomic mass is 16.3. The number of hydrogen-bond acceptors (Lipinski definition) is 1. The summed E-state index contributed by atoms with van der Waals surface area (Å²) in [6, 6.07) is 14.2. The first-order chi connectivity index (χ1) is 8.43. The van der Waals surface area contributed by atoms with Crippen molar-refractivity contribution in [2.24, 2.45) is 0 Å². The van der Waals surface area contributed by atoms with Gasteiger partial charge < -0.3 is 5.11 Å². The maximum absolute atomic E-state index is 10.9. The number of aryl methyl sites for hydroxylation is 3. The molecule has 0 fully saturated rings. The first-order valence-electron chi connectivity index (χ1n) is 6.29. The Hall–Kier alpha value is -1.60. The molecule has 0 aromatic heterocycles. The standard InChI is InChI=1S/C17H20O/c1-12-9-10-14(3)16(11-12)17(4,18)15-8-6-5-7-13(15)2/h5-11,18H,1-4H3. The molecule has 0 aliphatic heterocycles. The zero-order valence-electron chi connectivity index (χ0n) is 11.5. The van der Waals surface area contributed by atoms with Crippen molar-refractivity contribution in [2.75, 3.05) is 0 Å². The van der Waals surface area contributed by atoms with E-state index in [1.807, 2.05) is 45.0 Å². The van der Waals surface area contributed by atoms with Crippen molar-refractivity contribution in [3.05, 3.63) is 70.3 Å². The highest BCUT2D eigenvalue weighted by Crippen LogP contribution is 2.33. The van der Waals surface area contributed by atoms with Crippen LogP contribution in [-0.4, -0.2) is 5.11 Å². The average Bonchev–Trinajstić information content (AvgIpc) is 2.32. The van der Waals surface area contributed by atoms with Crippen molar-refractivity contribution in [1.82, 2.24) is 0 Å². The lowest BCUT2D eigenvalue weighted by atomic mass is 9.83. The predicted molar refractivity (Wildman–Crippen MR) is 75.8 cm³/mol. The van der Waals surface area contributed by atoms with E-state index in [2.05, 4.69) is 25.1 Å². The molecule has 0 saturated carbocycles. The number of aliphatic hydroxyl groups is 1. The van der Waals surface area contributed by atoms with Crippen LogP contribution in [-0.2, 0) is 5.60 Å². The van der Waals surface area contributed by atoms with Crippen LogP contribution in [0.3, 0.4) is 0 Å². The summed E-state index contributed by atoms with van der Waals surface area (Å²) in [7, 11) is 0. The minimum atomic E-state index is -0.943. The van der Waals surface area contributed by atoms with E-state index in [-0.39, 0.29) is 0 Å². The van der Waals surface area contributed by atoms with E-state index in [4.69, 9.17) is 0 Å². The summed E-state index contributed by atoms with van der Waals surface area (Å²) in [6.07, 6.45) is 0. The lowest BCUT2D eigenvalue weighted by molar-refractivity contribution is 0.101. The maximum Gasteiger partial charge on any atom is 0.112 e. The fourth-order valence-electron chi connectivity index (χ4n) is 2.52. The molecular weight excluding hydrogens is 220 g/mol. The van der Waals surface area contributed by atoms with Crippen molar-refractivity contribution in [3.63, 3.8) is 0 Å². The summed E-state index contributed by atoms with van der Waals surface area (Å²) in [5.41, 5.74) is 4.42. The van der Waals surface area contributed by atoms with Crippen molar-refractivity contribution in [3.8, 4) is 0 Å². The van der Waals surface area contributed by atoms with Gasteiger partial charge in [0, 0.05) is 0 Å². The Morgan fingerprint density at radius 3 is 2.11 bits per heavy atom. The number of rotatable bonds is 2. The monoisotopic (exact) mass is 240 g/mol. The molecule has 0 aliphatic rings. The van der Waals surface area contributed by atoms with Crippen LogP contribution < -0.4 is 0 Å². The Bertz CT molecular complexity index is 568. The molecule has 0 spiro atoms. The molecule has 0 radical (unpaired) electrons. The van der Waals surface area contributed by atoms with Crippen molar-refractivity contribution >= 4 is 0 Å². The van der Waals surface area contributed by atoms with Crippen LogP contribution >= 0.6 is 0 Å². The van der Waals surface area contributed by atoms with Gasteiger partial charge in [-0.1, -0.05) is 48.0 Å². The summed E-state index contributed by atoms with van der Waals surface area (Å²) in [5.74, 6) is 0. The second kappa shape index (κ2) is 4.58. The van der Waals surface area contributed by atoms with E-state index in [9.17, 15) is 5.11 Å². The van der Waals surface area contributed by atoms with E-state index >= 15 is 0 Å². The maximum atomic E-state index is 10.9. The van der Waals surface area contributed by atoms with Gasteiger partial charge in [-0.05, 0) is 49.9 Å². The van der Waals surface area contributed by atoms with Crippen LogP contribution in [0.25, 0.3) is 0 Å². The van der Waals surface area contributed by atoms with Crippen LogP contribution in [0, 0.1) is 20.8 Å². The van der Waals surface area contributed by atoms with E-state index in [1.165, 1.54) is 5.56 Å². The lowest BCUT2D eigenvalue weighted by Gasteiger charge is -2.28. The van der Waals surface area contributed by atoms with E-state index in [1.54, 1.807) is 0 Å². The van der Waals surface area contributed by atoms with Gasteiger partial charge in [0.15, 0.2) is 0 Å². The Labute approximate surface area is 109 Å². The second-order valence-electron chi connectivity index (χ2n) is 5.21. The molecule has 1 nitrogen and oxygen atoms in total. The van der Waals surface area contributed by atoms with Crippen molar-refractivity contribution in [2.45, 2.75) is 33.3 Å². The van der Waals surface area contributed by atoms with E-state index in [0.717, 1.165) is 22.3 Å². The van der Waals surface area contributed by atoms with Gasteiger partial charge in [0.2, 0.25) is 0 Å². The molecule has 0 aliphatic carbocycles. The molecule has 0 amide bonds. The summed E-state index contributed by atoms with van der Waals surface area (Å²) >= 11 is 0. The largest absolute Gasteiger partial charge is 0.381 e. The van der Waals surface area contributed by atoms with Gasteiger partial charge in [0.1, 0.15) is 5.60 Å². The first kappa shape index (κ1) is 12.8. The van der Waals surface area contributed by atoms with Crippen molar-refractivity contribution < 1.29 is 5.11 Å². The Balaban J connectivity index is 2.61. The third-order valence-electron chi connectivity index (χ3n) is 3.59. The molecule has 2 aromatic rings. The Kier molecular flexibility index (Phi) is 3.27. The molecule has 0 heterocycles. The Morgan fingerprint density at radius 1 is 0.833 bits per heavy atom. The van der Waals surface area contributed by atoms with Gasteiger partial charge in [-0.15, -0.1) is 0 Å². The van der Waals surface area contributed by atoms with E-state index in [0.29, 0.717) is 0 Å². The lowest BCUT2D eigenvalue weighted by Crippen LogP contribution is -2.25. The summed E-state index contributed by atoms with van der Waals surface area (Å²) in [4.78, 5) is 0. The minimum Gasteiger partial charge on any atom is -0.381 e. The topological polar surface area (TPSA) is 20.2 Å². The fraction of sp³-hybridized carbons (Fsp3) is 0.294. The zero-order valence-corrected chi connectivity index (χ0v) is 11.5. The normalized spacial score (nSPS) is 14.3. The van der Waals surface area contributed by atoms with Crippen LogP contribution in [0.2, 0.25) is 0 Å². The van der Waals surface area contributed by atoms with Crippen LogP contribution in [0.4, 0.5) is 0 Å². The molecule has 1 unspecified atom stereocenters. The van der Waals surface area contributed by atoms with Crippen LogP contribution in [0.1, 0.15) is 34.7 Å². The molecule has 94 valence electrons. The minimum absolute atomic E-state index is 0.943. The highest BCUT2D eigenvalue weighted by molar-refractivity contribution is 5.44. The van der Waals surface area contributed by atoms with Gasteiger partial charge in [-0.3, -0.25) is 0 Å². The van der Waals surface area contributed by atoms with Gasteiger partial charge in [0.25, 0.3) is 0 Å². The molecular formula is C17H20O. The Morgan fingerprint density at radius 2 is 1.44 bits per heavy atom. The highest BCUT2D eigenvalue weighted by Gasteiger charge is 2.28.